The van der Waals surface area contributed by atoms with Crippen molar-refractivity contribution in [3.05, 3.63) is 16.6 Å². The highest BCUT2D eigenvalue weighted by atomic mass is 32.1. The number of carbonyl (C=O) groups excluding carboxylic acids is 2. The summed E-state index contributed by atoms with van der Waals surface area (Å²) in [5.41, 5.74) is 2.21. The predicted molar refractivity (Wildman–Crippen MR) is 73.5 cm³/mol. The maximum absolute atomic E-state index is 12.2. The molecule has 1 aromatic rings. The third kappa shape index (κ3) is 2.43. The molecule has 0 radical (unpaired) electrons. The topological polar surface area (TPSA) is 62.7 Å². The Balaban J connectivity index is 1.58. The van der Waals surface area contributed by atoms with Crippen LogP contribution < -0.4 is 0 Å². The number of ether oxygens (including phenoxy) is 1. The molecular formula is C13H17N3O3S. The Morgan fingerprint density at radius 1 is 1.30 bits per heavy atom. The number of methoxy groups -OCH3 is 1. The average Bonchev–Trinajstić information content (AvgIpc) is 3.13. The van der Waals surface area contributed by atoms with Gasteiger partial charge in [-0.2, -0.15) is 0 Å². The van der Waals surface area contributed by atoms with E-state index in [-0.39, 0.29) is 18.4 Å². The van der Waals surface area contributed by atoms with E-state index in [0.29, 0.717) is 17.5 Å². The fraction of sp³-hybridized carbons (Fsp3) is 0.615. The monoisotopic (exact) mass is 295 g/mol. The maximum atomic E-state index is 12.2. The summed E-state index contributed by atoms with van der Waals surface area (Å²) in [7, 11) is 1.53. The minimum atomic E-state index is 0.00965. The minimum absolute atomic E-state index is 0.00965. The van der Waals surface area contributed by atoms with Gasteiger partial charge >= 0.3 is 0 Å². The van der Waals surface area contributed by atoms with Crippen LogP contribution in [0.2, 0.25) is 0 Å². The minimum Gasteiger partial charge on any atom is -0.375 e. The van der Waals surface area contributed by atoms with Gasteiger partial charge in [-0.15, -0.1) is 11.3 Å². The lowest BCUT2D eigenvalue weighted by atomic mass is 10.0. The number of amides is 2. The second kappa shape index (κ2) is 5.49. The van der Waals surface area contributed by atoms with Crippen LogP contribution in [0.5, 0.6) is 0 Å². The Bertz CT molecular complexity index is 491. The molecule has 1 aromatic heterocycles. The van der Waals surface area contributed by atoms with E-state index in [0.717, 1.165) is 26.2 Å². The molecule has 2 unspecified atom stereocenters. The molecular weight excluding hydrogens is 278 g/mol. The van der Waals surface area contributed by atoms with Crippen LogP contribution in [-0.2, 0) is 9.53 Å². The molecule has 20 heavy (non-hydrogen) atoms. The molecule has 2 amide bonds. The molecule has 2 atom stereocenters. The van der Waals surface area contributed by atoms with Crippen molar-refractivity contribution in [3.8, 4) is 0 Å². The van der Waals surface area contributed by atoms with Crippen LogP contribution in [0.1, 0.15) is 10.5 Å². The van der Waals surface area contributed by atoms with Gasteiger partial charge in [0, 0.05) is 50.5 Å². The van der Waals surface area contributed by atoms with Crippen LogP contribution in [0.3, 0.4) is 0 Å². The number of nitrogens with zero attached hydrogens (tertiary/aromatic N) is 3. The summed E-state index contributed by atoms with van der Waals surface area (Å²) in [6, 6.07) is 0. The van der Waals surface area contributed by atoms with Crippen LogP contribution >= 0.6 is 11.3 Å². The summed E-state index contributed by atoms with van der Waals surface area (Å²) >= 11 is 1.43. The number of fused-ring (bicyclic) bond motifs is 1. The van der Waals surface area contributed by atoms with Crippen LogP contribution in [0.25, 0.3) is 0 Å². The zero-order valence-corrected chi connectivity index (χ0v) is 12.1. The number of rotatable bonds is 3. The molecule has 0 bridgehead atoms. The summed E-state index contributed by atoms with van der Waals surface area (Å²) in [5.74, 6) is 0.825. The van der Waals surface area contributed by atoms with E-state index >= 15 is 0 Å². The molecule has 7 heteroatoms. The van der Waals surface area contributed by atoms with Crippen LogP contribution in [0, 0.1) is 11.8 Å². The molecule has 2 aliphatic heterocycles. The van der Waals surface area contributed by atoms with Crippen LogP contribution in [0.4, 0.5) is 0 Å². The Hall–Kier alpha value is -1.47. The Morgan fingerprint density at radius 2 is 1.95 bits per heavy atom. The first-order valence-corrected chi connectivity index (χ1v) is 7.57. The molecule has 3 heterocycles. The number of likely N-dealkylation sites (tertiary alicyclic amines) is 2. The third-order valence-corrected chi connectivity index (χ3v) is 4.63. The first-order valence-electron chi connectivity index (χ1n) is 6.63. The van der Waals surface area contributed by atoms with Gasteiger partial charge in [0.2, 0.25) is 5.91 Å². The molecule has 0 aliphatic carbocycles. The van der Waals surface area contributed by atoms with Crippen molar-refractivity contribution in [2.24, 2.45) is 11.8 Å². The molecule has 2 saturated heterocycles. The smallest absolute Gasteiger partial charge is 0.273 e. The maximum Gasteiger partial charge on any atom is 0.273 e. The van der Waals surface area contributed by atoms with E-state index in [1.165, 1.54) is 18.4 Å². The molecule has 2 aliphatic rings. The second-order valence-electron chi connectivity index (χ2n) is 5.34. The van der Waals surface area contributed by atoms with Crippen LogP contribution in [-0.4, -0.2) is 66.5 Å². The van der Waals surface area contributed by atoms with Crippen molar-refractivity contribution in [1.82, 2.24) is 14.8 Å². The lowest BCUT2D eigenvalue weighted by Crippen LogP contribution is -2.37. The first-order chi connectivity index (χ1) is 9.69. The Morgan fingerprint density at radius 3 is 2.50 bits per heavy atom. The summed E-state index contributed by atoms with van der Waals surface area (Å²) in [5, 5.41) is 1.78. The van der Waals surface area contributed by atoms with Gasteiger partial charge in [0.1, 0.15) is 12.3 Å². The van der Waals surface area contributed by atoms with E-state index in [4.69, 9.17) is 4.74 Å². The Kier molecular flexibility index (Phi) is 3.71. The quantitative estimate of drug-likeness (QED) is 0.805. The summed E-state index contributed by atoms with van der Waals surface area (Å²) in [6.07, 6.45) is 0. The van der Waals surface area contributed by atoms with E-state index in [2.05, 4.69) is 4.98 Å². The van der Waals surface area contributed by atoms with Crippen molar-refractivity contribution in [1.29, 1.82) is 0 Å². The largest absolute Gasteiger partial charge is 0.375 e. The van der Waals surface area contributed by atoms with Crippen LogP contribution in [0.15, 0.2) is 10.9 Å². The number of thiazole rings is 1. The number of carbonyl (C=O) groups is 2. The Labute approximate surface area is 121 Å². The fourth-order valence-electron chi connectivity index (χ4n) is 3.06. The lowest BCUT2D eigenvalue weighted by Gasteiger charge is -2.21. The zero-order valence-electron chi connectivity index (χ0n) is 11.3. The molecule has 0 aromatic carbocycles. The van der Waals surface area contributed by atoms with Gasteiger partial charge in [0.25, 0.3) is 5.91 Å². The number of hydrogen-bond donors (Lipinski definition) is 0. The zero-order chi connectivity index (χ0) is 14.1. The molecule has 6 nitrogen and oxygen atoms in total. The molecule has 0 N–H and O–H groups in total. The van der Waals surface area contributed by atoms with E-state index < -0.39 is 0 Å². The summed E-state index contributed by atoms with van der Waals surface area (Å²) < 4.78 is 4.88. The molecule has 0 saturated carbocycles. The van der Waals surface area contributed by atoms with Gasteiger partial charge in [-0.3, -0.25) is 9.59 Å². The highest BCUT2D eigenvalue weighted by Gasteiger charge is 2.43. The molecule has 0 spiro atoms. The highest BCUT2D eigenvalue weighted by molar-refractivity contribution is 7.07. The molecule has 2 fully saturated rings. The van der Waals surface area contributed by atoms with Crippen molar-refractivity contribution >= 4 is 23.2 Å². The standard InChI is InChI=1S/C13H17N3O3S/c1-19-6-12(17)15-2-9-4-16(5-10(9)3-15)13(18)11-7-20-8-14-11/h7-10H,2-6H2,1H3. The number of hydrogen-bond acceptors (Lipinski definition) is 5. The van der Waals surface area contributed by atoms with Crippen molar-refractivity contribution in [3.63, 3.8) is 0 Å². The van der Waals surface area contributed by atoms with E-state index in [1.807, 2.05) is 9.80 Å². The van der Waals surface area contributed by atoms with Gasteiger partial charge in [-0.05, 0) is 0 Å². The predicted octanol–water partition coefficient (Wildman–Crippen LogP) is 0.320. The molecule has 3 rings (SSSR count). The normalized spacial score (nSPS) is 25.1. The summed E-state index contributed by atoms with van der Waals surface area (Å²) in [6.45, 7) is 3.04. The van der Waals surface area contributed by atoms with Crippen molar-refractivity contribution in [2.75, 3.05) is 39.9 Å². The van der Waals surface area contributed by atoms with Gasteiger partial charge in [-0.25, -0.2) is 4.98 Å². The first kappa shape index (κ1) is 13.5. The van der Waals surface area contributed by atoms with Crippen molar-refractivity contribution in [2.45, 2.75) is 0 Å². The average molecular weight is 295 g/mol. The van der Waals surface area contributed by atoms with Crippen molar-refractivity contribution < 1.29 is 14.3 Å². The third-order valence-electron chi connectivity index (χ3n) is 4.05. The molecule has 108 valence electrons. The SMILES string of the molecule is COCC(=O)N1CC2CN(C(=O)c3cscn3)CC2C1. The van der Waals surface area contributed by atoms with Gasteiger partial charge in [0.15, 0.2) is 0 Å². The highest BCUT2D eigenvalue weighted by Crippen LogP contribution is 2.31. The lowest BCUT2D eigenvalue weighted by molar-refractivity contribution is -0.134. The van der Waals surface area contributed by atoms with Gasteiger partial charge < -0.3 is 14.5 Å². The summed E-state index contributed by atoms with van der Waals surface area (Å²) in [4.78, 5) is 31.8. The second-order valence-corrected chi connectivity index (χ2v) is 6.05. The van der Waals surface area contributed by atoms with E-state index in [9.17, 15) is 9.59 Å². The van der Waals surface area contributed by atoms with Gasteiger partial charge in [-0.1, -0.05) is 0 Å². The van der Waals surface area contributed by atoms with E-state index in [1.54, 1.807) is 10.9 Å². The number of aromatic nitrogens is 1. The van der Waals surface area contributed by atoms with Gasteiger partial charge in [0.05, 0.1) is 5.51 Å². The fourth-order valence-corrected chi connectivity index (χ4v) is 3.58.